The number of rotatable bonds is 4. The Kier molecular flexibility index (Phi) is 3.76. The number of amidine groups is 1. The predicted molar refractivity (Wildman–Crippen MR) is 52.8 cm³/mol. The number of nitrogens with two attached hydrogens (primary N) is 1. The largest absolute Gasteiger partial charge is 0.409 e. The summed E-state index contributed by atoms with van der Waals surface area (Å²) in [6.07, 6.45) is 7.21. The van der Waals surface area contributed by atoms with E-state index in [0.717, 1.165) is 19.3 Å². The van der Waals surface area contributed by atoms with Gasteiger partial charge in [-0.3, -0.25) is 0 Å². The first kappa shape index (κ1) is 10.1. The van der Waals surface area contributed by atoms with Crippen molar-refractivity contribution in [2.45, 2.75) is 38.3 Å². The Morgan fingerprint density at radius 2 is 2.31 bits per heavy atom. The molecule has 74 valence electrons. The van der Waals surface area contributed by atoms with E-state index in [2.05, 4.69) is 22.6 Å². The first-order chi connectivity index (χ1) is 6.27. The molecule has 0 aromatic heterocycles. The molecule has 1 aliphatic rings. The van der Waals surface area contributed by atoms with Gasteiger partial charge < -0.3 is 16.3 Å². The average Bonchev–Trinajstić information content (AvgIpc) is 2.65. The molecule has 13 heavy (non-hydrogen) atoms. The van der Waals surface area contributed by atoms with E-state index < -0.39 is 0 Å². The Labute approximate surface area is 78.5 Å². The zero-order valence-electron chi connectivity index (χ0n) is 7.90. The van der Waals surface area contributed by atoms with Gasteiger partial charge in [0, 0.05) is 6.04 Å². The highest BCUT2D eigenvalue weighted by molar-refractivity contribution is 5.85. The molecule has 0 saturated carbocycles. The molecule has 1 unspecified atom stereocenters. The standard InChI is InChI=1S/C9H17N3O/c1-2-8(9(10)12-13)11-7-5-3-4-6-7/h3-4,7-8,11,13H,2,5-6H2,1H3,(H2,10,12). The fourth-order valence-corrected chi connectivity index (χ4v) is 1.52. The van der Waals surface area contributed by atoms with Gasteiger partial charge in [0.15, 0.2) is 5.84 Å². The molecular weight excluding hydrogens is 166 g/mol. The van der Waals surface area contributed by atoms with Crippen molar-refractivity contribution in [3.63, 3.8) is 0 Å². The molecule has 4 N–H and O–H groups in total. The SMILES string of the molecule is CCC(NC1CC=CC1)/C(N)=N/O. The second-order valence-corrected chi connectivity index (χ2v) is 3.29. The minimum absolute atomic E-state index is 0.00472. The van der Waals surface area contributed by atoms with Gasteiger partial charge in [0.05, 0.1) is 6.04 Å². The monoisotopic (exact) mass is 183 g/mol. The molecule has 1 aliphatic carbocycles. The van der Waals surface area contributed by atoms with Gasteiger partial charge in [-0.05, 0) is 19.3 Å². The van der Waals surface area contributed by atoms with Crippen LogP contribution in [0.3, 0.4) is 0 Å². The first-order valence-electron chi connectivity index (χ1n) is 4.66. The van der Waals surface area contributed by atoms with E-state index in [0.29, 0.717) is 6.04 Å². The van der Waals surface area contributed by atoms with E-state index >= 15 is 0 Å². The summed E-state index contributed by atoms with van der Waals surface area (Å²) in [5, 5.41) is 14.9. The Balaban J connectivity index is 2.39. The average molecular weight is 183 g/mol. The van der Waals surface area contributed by atoms with Crippen LogP contribution in [0.2, 0.25) is 0 Å². The van der Waals surface area contributed by atoms with Crippen molar-refractivity contribution in [1.82, 2.24) is 5.32 Å². The quantitative estimate of drug-likeness (QED) is 0.199. The maximum absolute atomic E-state index is 8.52. The normalized spacial score (nSPS) is 20.8. The van der Waals surface area contributed by atoms with Gasteiger partial charge in [0.2, 0.25) is 0 Å². The number of nitrogens with zero attached hydrogens (tertiary/aromatic N) is 1. The number of hydrogen-bond acceptors (Lipinski definition) is 3. The predicted octanol–water partition coefficient (Wildman–Crippen LogP) is 0.820. The molecule has 0 bridgehead atoms. The van der Waals surface area contributed by atoms with Gasteiger partial charge in [0.25, 0.3) is 0 Å². The Morgan fingerprint density at radius 1 is 1.69 bits per heavy atom. The maximum atomic E-state index is 8.52. The zero-order valence-corrected chi connectivity index (χ0v) is 7.90. The summed E-state index contributed by atoms with van der Waals surface area (Å²) in [6.45, 7) is 2.01. The number of nitrogens with one attached hydrogen (secondary N) is 1. The third-order valence-corrected chi connectivity index (χ3v) is 2.33. The highest BCUT2D eigenvalue weighted by Crippen LogP contribution is 2.10. The summed E-state index contributed by atoms with van der Waals surface area (Å²) < 4.78 is 0. The molecule has 0 aromatic rings. The highest BCUT2D eigenvalue weighted by Gasteiger charge is 2.17. The Bertz CT molecular complexity index is 205. The van der Waals surface area contributed by atoms with Gasteiger partial charge in [-0.1, -0.05) is 24.2 Å². The van der Waals surface area contributed by atoms with E-state index in [9.17, 15) is 0 Å². The third kappa shape index (κ3) is 2.73. The van der Waals surface area contributed by atoms with Crippen LogP contribution in [0.15, 0.2) is 17.3 Å². The molecule has 0 fully saturated rings. The van der Waals surface area contributed by atoms with E-state index in [1.165, 1.54) is 0 Å². The fraction of sp³-hybridized carbons (Fsp3) is 0.667. The summed E-state index contributed by atoms with van der Waals surface area (Å²) in [5.74, 6) is 0.273. The van der Waals surface area contributed by atoms with Crippen LogP contribution in [0.4, 0.5) is 0 Å². The molecule has 4 heteroatoms. The van der Waals surface area contributed by atoms with Crippen LogP contribution in [0.5, 0.6) is 0 Å². The van der Waals surface area contributed by atoms with Crippen LogP contribution in [-0.2, 0) is 0 Å². The smallest absolute Gasteiger partial charge is 0.156 e. The number of oxime groups is 1. The van der Waals surface area contributed by atoms with Crippen molar-refractivity contribution in [3.8, 4) is 0 Å². The third-order valence-electron chi connectivity index (χ3n) is 2.33. The van der Waals surface area contributed by atoms with Crippen molar-refractivity contribution in [3.05, 3.63) is 12.2 Å². The van der Waals surface area contributed by atoms with Crippen molar-refractivity contribution in [1.29, 1.82) is 0 Å². The second kappa shape index (κ2) is 4.87. The molecular formula is C9H17N3O. The lowest BCUT2D eigenvalue weighted by Crippen LogP contribution is -2.45. The van der Waals surface area contributed by atoms with Gasteiger partial charge in [-0.25, -0.2) is 0 Å². The topological polar surface area (TPSA) is 70.6 Å². The van der Waals surface area contributed by atoms with Crippen molar-refractivity contribution in [2.75, 3.05) is 0 Å². The molecule has 0 spiro atoms. The summed E-state index contributed by atoms with van der Waals surface area (Å²) in [5.41, 5.74) is 5.52. The molecule has 0 amide bonds. The summed E-state index contributed by atoms with van der Waals surface area (Å²) in [7, 11) is 0. The van der Waals surface area contributed by atoms with E-state index in [4.69, 9.17) is 10.9 Å². The second-order valence-electron chi connectivity index (χ2n) is 3.29. The molecule has 0 radical (unpaired) electrons. The maximum Gasteiger partial charge on any atom is 0.156 e. The van der Waals surface area contributed by atoms with Gasteiger partial charge in [0.1, 0.15) is 0 Å². The highest BCUT2D eigenvalue weighted by atomic mass is 16.4. The first-order valence-corrected chi connectivity index (χ1v) is 4.66. The summed E-state index contributed by atoms with van der Waals surface area (Å²) in [6, 6.07) is 0.445. The molecule has 0 heterocycles. The van der Waals surface area contributed by atoms with Crippen LogP contribution in [0, 0.1) is 0 Å². The summed E-state index contributed by atoms with van der Waals surface area (Å²) >= 11 is 0. The lowest BCUT2D eigenvalue weighted by Gasteiger charge is -2.20. The molecule has 1 rings (SSSR count). The van der Waals surface area contributed by atoms with Gasteiger partial charge in [-0.15, -0.1) is 0 Å². The zero-order chi connectivity index (χ0) is 9.68. The molecule has 0 aromatic carbocycles. The lowest BCUT2D eigenvalue weighted by molar-refractivity contribution is 0.313. The number of hydrogen-bond donors (Lipinski definition) is 3. The van der Waals surface area contributed by atoms with Gasteiger partial charge >= 0.3 is 0 Å². The van der Waals surface area contributed by atoms with Gasteiger partial charge in [-0.2, -0.15) is 0 Å². The summed E-state index contributed by atoms with van der Waals surface area (Å²) in [4.78, 5) is 0. The minimum atomic E-state index is -0.00472. The Hall–Kier alpha value is -1.03. The minimum Gasteiger partial charge on any atom is -0.409 e. The van der Waals surface area contributed by atoms with E-state index in [1.807, 2.05) is 6.92 Å². The lowest BCUT2D eigenvalue weighted by atomic mass is 10.1. The van der Waals surface area contributed by atoms with Crippen LogP contribution >= 0.6 is 0 Å². The molecule has 0 aliphatic heterocycles. The van der Waals surface area contributed by atoms with Crippen LogP contribution in [-0.4, -0.2) is 23.1 Å². The van der Waals surface area contributed by atoms with E-state index in [1.54, 1.807) is 0 Å². The van der Waals surface area contributed by atoms with Crippen molar-refractivity contribution >= 4 is 5.84 Å². The van der Waals surface area contributed by atoms with Crippen molar-refractivity contribution < 1.29 is 5.21 Å². The Morgan fingerprint density at radius 3 is 2.77 bits per heavy atom. The molecule has 4 nitrogen and oxygen atoms in total. The fourth-order valence-electron chi connectivity index (χ4n) is 1.52. The van der Waals surface area contributed by atoms with Crippen LogP contribution in [0.25, 0.3) is 0 Å². The van der Waals surface area contributed by atoms with Crippen LogP contribution in [0.1, 0.15) is 26.2 Å². The molecule has 0 saturated heterocycles. The molecule has 1 atom stereocenters. The van der Waals surface area contributed by atoms with Crippen molar-refractivity contribution in [2.24, 2.45) is 10.9 Å². The van der Waals surface area contributed by atoms with Crippen LogP contribution < -0.4 is 11.1 Å². The van der Waals surface area contributed by atoms with E-state index in [-0.39, 0.29) is 11.9 Å².